The molecule has 0 saturated carbocycles. The molecule has 1 aromatic rings. The van der Waals surface area contributed by atoms with E-state index < -0.39 is 8.07 Å². The molecule has 0 bridgehead atoms. The Morgan fingerprint density at radius 3 is 2.37 bits per heavy atom. The van der Waals surface area contributed by atoms with Crippen molar-refractivity contribution in [3.63, 3.8) is 0 Å². The van der Waals surface area contributed by atoms with Gasteiger partial charge >= 0.3 is 122 Å². The van der Waals surface area contributed by atoms with Gasteiger partial charge in [0.2, 0.25) is 0 Å². The molecule has 1 aliphatic rings. The van der Waals surface area contributed by atoms with Crippen LogP contribution in [-0.2, 0) is 20.4 Å². The van der Waals surface area contributed by atoms with Crippen molar-refractivity contribution in [2.75, 3.05) is 0 Å². The first-order valence-corrected chi connectivity index (χ1v) is 10.8. The van der Waals surface area contributed by atoms with Gasteiger partial charge in [0, 0.05) is 0 Å². The van der Waals surface area contributed by atoms with Gasteiger partial charge in [0.25, 0.3) is 0 Å². The average Bonchev–Trinajstić information content (AvgIpc) is 2.84. The summed E-state index contributed by atoms with van der Waals surface area (Å²) in [6.07, 6.45) is 5.86. The van der Waals surface area contributed by atoms with Crippen LogP contribution in [0.2, 0.25) is 13.1 Å². The van der Waals surface area contributed by atoms with Crippen molar-refractivity contribution >= 4 is 23.9 Å². The Labute approximate surface area is 146 Å². The molecule has 5 heteroatoms. The van der Waals surface area contributed by atoms with Crippen molar-refractivity contribution in [1.29, 1.82) is 0 Å². The monoisotopic (exact) mass is 365 g/mol. The molecule has 103 valence electrons. The Bertz CT molecular complexity index is 489. The van der Waals surface area contributed by atoms with Crippen molar-refractivity contribution in [2.45, 2.75) is 39.3 Å². The normalized spacial score (nSPS) is 14.7. The minimum absolute atomic E-state index is 0. The Morgan fingerprint density at radius 2 is 1.89 bits per heavy atom. The van der Waals surface area contributed by atoms with Crippen molar-refractivity contribution in [2.24, 2.45) is 0 Å². The zero-order valence-corrected chi connectivity index (χ0v) is 16.6. The first-order valence-electron chi connectivity index (χ1n) is 6.14. The number of hydrogen-bond acceptors (Lipinski definition) is 1. The molecule has 1 heterocycles. The maximum absolute atomic E-state index is 2.50. The molecule has 0 aromatic carbocycles. The third-order valence-electron chi connectivity index (χ3n) is 3.49. The standard InChI is InChI=1S/C14H19SSi.2ClH.Ti/c1-11(2)13-9-10-15-14(13)16(3,4)12-7-5-6-8-12;;;/h5,7,9-11H,6H2,1-4H3;2*1H;/q;;;+2/p-2. The maximum Gasteiger partial charge on any atom is -1.00 e. The zero-order valence-electron chi connectivity index (χ0n) is 11.8. The molecule has 1 aromatic heterocycles. The second kappa shape index (κ2) is 7.63. The Hall–Kier alpha value is 0.691. The SMILES string of the molecule is CC(C)c1ccsc1[Si](C)(C)C1=[C]([Ti+2])CC=C1.[Cl-].[Cl-]. The van der Waals surface area contributed by atoms with Gasteiger partial charge in [-0.2, -0.15) is 0 Å². The molecular weight excluding hydrogens is 347 g/mol. The van der Waals surface area contributed by atoms with Gasteiger partial charge in [0.1, 0.15) is 0 Å². The second-order valence-corrected chi connectivity index (χ2v) is 12.0. The van der Waals surface area contributed by atoms with E-state index in [1.54, 1.807) is 19.1 Å². The third-order valence-corrected chi connectivity index (χ3v) is 10.5. The maximum atomic E-state index is 2.50. The topological polar surface area (TPSA) is 0 Å². The molecule has 1 aliphatic carbocycles. The molecule has 0 saturated heterocycles. The molecular formula is C14H19Cl2SSiTi. The third kappa shape index (κ3) is 3.87. The molecule has 19 heavy (non-hydrogen) atoms. The minimum Gasteiger partial charge on any atom is -1.00 e. The Kier molecular flexibility index (Phi) is 7.91. The molecule has 0 amide bonds. The van der Waals surface area contributed by atoms with Gasteiger partial charge in [-0.25, -0.2) is 0 Å². The summed E-state index contributed by atoms with van der Waals surface area (Å²) in [5.74, 6) is 0.648. The average molecular weight is 366 g/mol. The fourth-order valence-electron chi connectivity index (χ4n) is 2.49. The predicted molar refractivity (Wildman–Crippen MR) is 76.3 cm³/mol. The number of thiophene rings is 1. The molecule has 0 unspecified atom stereocenters. The smallest absolute Gasteiger partial charge is 1.00 e. The van der Waals surface area contributed by atoms with Gasteiger partial charge in [-0.15, -0.1) is 0 Å². The van der Waals surface area contributed by atoms with Gasteiger partial charge < -0.3 is 24.8 Å². The van der Waals surface area contributed by atoms with E-state index >= 15 is 0 Å². The Balaban J connectivity index is 0.00000162. The first kappa shape index (κ1) is 19.7. The molecule has 0 nitrogen and oxygen atoms in total. The summed E-state index contributed by atoms with van der Waals surface area (Å²) in [4.78, 5) is 0. The molecule has 0 N–H and O–H groups in total. The number of hydrogen-bond donors (Lipinski definition) is 0. The van der Waals surface area contributed by atoms with E-state index in [1.807, 2.05) is 11.3 Å². The van der Waals surface area contributed by atoms with E-state index in [0.717, 1.165) is 6.42 Å². The van der Waals surface area contributed by atoms with Crippen molar-refractivity contribution in [3.8, 4) is 0 Å². The van der Waals surface area contributed by atoms with Gasteiger partial charge in [-0.05, 0) is 0 Å². The van der Waals surface area contributed by atoms with Crippen molar-refractivity contribution in [3.05, 3.63) is 38.2 Å². The van der Waals surface area contributed by atoms with Crippen LogP contribution in [0.3, 0.4) is 0 Å². The van der Waals surface area contributed by atoms with E-state index in [0.29, 0.717) is 5.92 Å². The minimum atomic E-state index is -1.45. The van der Waals surface area contributed by atoms with Crippen molar-refractivity contribution in [1.82, 2.24) is 0 Å². The summed E-state index contributed by atoms with van der Waals surface area (Å²) in [5.41, 5.74) is 1.58. The second-order valence-electron chi connectivity index (χ2n) is 5.48. The van der Waals surface area contributed by atoms with E-state index in [4.69, 9.17) is 0 Å². The summed E-state index contributed by atoms with van der Waals surface area (Å²) in [6.45, 7) is 9.61. The molecule has 0 atom stereocenters. The van der Waals surface area contributed by atoms with Gasteiger partial charge in [-0.3, -0.25) is 0 Å². The quantitative estimate of drug-likeness (QED) is 0.549. The summed E-state index contributed by atoms with van der Waals surface area (Å²) in [5, 5.41) is 3.93. The molecule has 2 rings (SSSR count). The van der Waals surface area contributed by atoms with Crippen LogP contribution in [0.4, 0.5) is 0 Å². The summed E-state index contributed by atoms with van der Waals surface area (Å²) >= 11 is 4.27. The summed E-state index contributed by atoms with van der Waals surface area (Å²) in [7, 11) is -1.45. The molecule has 0 radical (unpaired) electrons. The first-order chi connectivity index (χ1) is 7.94. The summed E-state index contributed by atoms with van der Waals surface area (Å²) in [6, 6.07) is 2.33. The zero-order chi connectivity index (χ0) is 12.6. The van der Waals surface area contributed by atoms with Gasteiger partial charge in [0.05, 0.1) is 0 Å². The Morgan fingerprint density at radius 1 is 1.26 bits per heavy atom. The van der Waals surface area contributed by atoms with Crippen LogP contribution in [0.1, 0.15) is 31.7 Å². The number of allylic oxidation sites excluding steroid dienone is 4. The van der Waals surface area contributed by atoms with E-state index in [1.165, 1.54) is 0 Å². The fourth-order valence-corrected chi connectivity index (χ4v) is 9.51. The predicted octanol–water partition coefficient (Wildman–Crippen LogP) is -1.91. The van der Waals surface area contributed by atoms with E-state index in [2.05, 4.69) is 71.0 Å². The fraction of sp³-hybridized carbons (Fsp3) is 0.429. The van der Waals surface area contributed by atoms with Crippen LogP contribution in [0.25, 0.3) is 0 Å². The largest absolute Gasteiger partial charge is 1.00 e. The van der Waals surface area contributed by atoms with E-state index in [-0.39, 0.29) is 24.8 Å². The van der Waals surface area contributed by atoms with Crippen LogP contribution in [0.5, 0.6) is 0 Å². The number of rotatable bonds is 3. The van der Waals surface area contributed by atoms with E-state index in [9.17, 15) is 0 Å². The number of halogens is 2. The molecule has 0 aliphatic heterocycles. The van der Waals surface area contributed by atoms with Gasteiger partial charge in [-0.1, -0.05) is 0 Å². The van der Waals surface area contributed by atoms with Crippen LogP contribution in [0, 0.1) is 0 Å². The van der Waals surface area contributed by atoms with Crippen LogP contribution >= 0.6 is 11.3 Å². The molecule has 0 fully saturated rings. The van der Waals surface area contributed by atoms with Crippen LogP contribution in [0.15, 0.2) is 32.7 Å². The van der Waals surface area contributed by atoms with Gasteiger partial charge in [0.15, 0.2) is 0 Å². The molecule has 0 spiro atoms. The van der Waals surface area contributed by atoms with Crippen LogP contribution in [-0.4, -0.2) is 8.07 Å². The summed E-state index contributed by atoms with van der Waals surface area (Å²) < 4.78 is 3.26. The van der Waals surface area contributed by atoms with Crippen molar-refractivity contribution < 1.29 is 45.2 Å². The van der Waals surface area contributed by atoms with Crippen LogP contribution < -0.4 is 29.3 Å².